The van der Waals surface area contributed by atoms with E-state index in [1.807, 2.05) is 13.8 Å². The normalized spacial score (nSPS) is 13.3. The van der Waals surface area contributed by atoms with Gasteiger partial charge in [0.15, 0.2) is 0 Å². The highest BCUT2D eigenvalue weighted by Crippen LogP contribution is 2.03. The molecule has 0 spiro atoms. The number of rotatable bonds is 3. The zero-order valence-electron chi connectivity index (χ0n) is 6.03. The van der Waals surface area contributed by atoms with Crippen molar-refractivity contribution in [3.63, 3.8) is 0 Å². The summed E-state index contributed by atoms with van der Waals surface area (Å²) in [5.74, 6) is 0.0341. The van der Waals surface area contributed by atoms with E-state index in [2.05, 4.69) is 37.2 Å². The van der Waals surface area contributed by atoms with Crippen molar-refractivity contribution in [2.24, 2.45) is 0 Å². The second kappa shape index (κ2) is 5.13. The van der Waals surface area contributed by atoms with Gasteiger partial charge in [0.2, 0.25) is 5.91 Å². The molecule has 0 aliphatic carbocycles. The zero-order chi connectivity index (χ0) is 8.15. The lowest BCUT2D eigenvalue weighted by atomic mass is 10.3. The smallest absolute Gasteiger partial charge is 0.234 e. The first-order valence-corrected chi connectivity index (χ1v) is 5.12. The van der Waals surface area contributed by atoms with Crippen LogP contribution in [0.2, 0.25) is 0 Å². The van der Waals surface area contributed by atoms with Gasteiger partial charge < -0.3 is 5.32 Å². The Morgan fingerprint density at radius 3 is 2.40 bits per heavy atom. The molecule has 0 rings (SSSR count). The summed E-state index contributed by atoms with van der Waals surface area (Å²) >= 11 is 6.41. The van der Waals surface area contributed by atoms with Crippen LogP contribution >= 0.6 is 31.9 Å². The highest BCUT2D eigenvalue weighted by Gasteiger charge is 2.12. The predicted molar refractivity (Wildman–Crippen MR) is 49.8 cm³/mol. The van der Waals surface area contributed by atoms with Crippen LogP contribution in [0.25, 0.3) is 0 Å². The van der Waals surface area contributed by atoms with Crippen LogP contribution in [-0.2, 0) is 4.79 Å². The first-order valence-electron chi connectivity index (χ1n) is 3.08. The molecule has 0 aromatic heterocycles. The molecule has 60 valence electrons. The fraction of sp³-hybridized carbons (Fsp3) is 0.833. The van der Waals surface area contributed by atoms with Crippen molar-refractivity contribution in [3.8, 4) is 0 Å². The first-order chi connectivity index (χ1) is 4.57. The Labute approximate surface area is 78.0 Å². The van der Waals surface area contributed by atoms with Gasteiger partial charge >= 0.3 is 0 Å². The molecule has 0 fully saturated rings. The third-order valence-electron chi connectivity index (χ3n) is 0.851. The minimum absolute atomic E-state index is 0.0341. The van der Waals surface area contributed by atoms with E-state index >= 15 is 0 Å². The van der Waals surface area contributed by atoms with E-state index in [1.165, 1.54) is 0 Å². The number of halogens is 2. The van der Waals surface area contributed by atoms with Crippen LogP contribution in [0, 0.1) is 0 Å². The Kier molecular flexibility index (Phi) is 5.35. The molecular weight excluding hydrogens is 262 g/mol. The predicted octanol–water partition coefficient (Wildman–Crippen LogP) is 1.67. The molecule has 1 amide bonds. The van der Waals surface area contributed by atoms with Gasteiger partial charge in [-0.2, -0.15) is 0 Å². The molecule has 0 aliphatic heterocycles. The van der Waals surface area contributed by atoms with Crippen LogP contribution in [0.1, 0.15) is 13.8 Å². The maximum absolute atomic E-state index is 11.0. The van der Waals surface area contributed by atoms with E-state index in [0.717, 1.165) is 0 Å². The fourth-order valence-electron chi connectivity index (χ4n) is 0.445. The molecule has 0 aliphatic rings. The molecule has 4 heteroatoms. The van der Waals surface area contributed by atoms with Gasteiger partial charge in [0, 0.05) is 11.4 Å². The van der Waals surface area contributed by atoms with Crippen molar-refractivity contribution in [2.45, 2.75) is 24.7 Å². The lowest BCUT2D eigenvalue weighted by Crippen LogP contribution is -2.36. The van der Waals surface area contributed by atoms with Gasteiger partial charge in [-0.1, -0.05) is 31.9 Å². The van der Waals surface area contributed by atoms with Crippen LogP contribution in [-0.4, -0.2) is 22.1 Å². The summed E-state index contributed by atoms with van der Waals surface area (Å²) in [6.07, 6.45) is 0. The topological polar surface area (TPSA) is 29.1 Å². The van der Waals surface area contributed by atoms with Crippen molar-refractivity contribution in [2.75, 3.05) is 5.33 Å². The molecule has 2 nitrogen and oxygen atoms in total. The van der Waals surface area contributed by atoms with Crippen LogP contribution in [0.3, 0.4) is 0 Å². The largest absolute Gasteiger partial charge is 0.353 e. The van der Waals surface area contributed by atoms with E-state index in [4.69, 9.17) is 0 Å². The molecule has 1 N–H and O–H groups in total. The number of alkyl halides is 2. The maximum atomic E-state index is 11.0. The summed E-state index contributed by atoms with van der Waals surface area (Å²) in [4.78, 5) is 10.9. The summed E-state index contributed by atoms with van der Waals surface area (Å²) < 4.78 is 0. The molecule has 0 bridgehead atoms. The summed E-state index contributed by atoms with van der Waals surface area (Å²) in [6, 6.07) is 0.214. The SMILES string of the molecule is CC(C)NC(=O)C(Br)CBr. The third-order valence-corrected chi connectivity index (χ3v) is 3.11. The lowest BCUT2D eigenvalue weighted by molar-refractivity contribution is -0.120. The Morgan fingerprint density at radius 1 is 1.60 bits per heavy atom. The number of carbonyl (C=O) groups excluding carboxylic acids is 1. The Hall–Kier alpha value is 0.430. The fourth-order valence-corrected chi connectivity index (χ4v) is 0.871. The van der Waals surface area contributed by atoms with E-state index < -0.39 is 0 Å². The summed E-state index contributed by atoms with van der Waals surface area (Å²) in [5, 5.41) is 3.42. The standard InChI is InChI=1S/C6H11Br2NO/c1-4(2)9-6(10)5(8)3-7/h4-5H,3H2,1-2H3,(H,9,10). The van der Waals surface area contributed by atoms with Gasteiger partial charge in [-0.05, 0) is 13.8 Å². The highest BCUT2D eigenvalue weighted by atomic mass is 79.9. The van der Waals surface area contributed by atoms with Crippen molar-refractivity contribution in [3.05, 3.63) is 0 Å². The summed E-state index contributed by atoms with van der Waals surface area (Å²) in [5.41, 5.74) is 0. The Balaban J connectivity index is 3.62. The van der Waals surface area contributed by atoms with E-state index in [-0.39, 0.29) is 16.8 Å². The Bertz CT molecular complexity index is 116. The first kappa shape index (κ1) is 10.4. The second-order valence-corrected chi connectivity index (χ2v) is 4.04. The number of carbonyl (C=O) groups is 1. The Morgan fingerprint density at radius 2 is 2.10 bits per heavy atom. The molecular formula is C6H11Br2NO. The monoisotopic (exact) mass is 271 g/mol. The van der Waals surface area contributed by atoms with Crippen molar-refractivity contribution < 1.29 is 4.79 Å². The number of nitrogens with one attached hydrogen (secondary N) is 1. The van der Waals surface area contributed by atoms with Gasteiger partial charge in [0.25, 0.3) is 0 Å². The van der Waals surface area contributed by atoms with Gasteiger partial charge in [-0.3, -0.25) is 4.79 Å². The molecule has 10 heavy (non-hydrogen) atoms. The molecule has 0 aromatic rings. The van der Waals surface area contributed by atoms with Crippen LogP contribution in [0.15, 0.2) is 0 Å². The molecule has 1 unspecified atom stereocenters. The number of hydrogen-bond acceptors (Lipinski definition) is 1. The van der Waals surface area contributed by atoms with E-state index in [1.54, 1.807) is 0 Å². The van der Waals surface area contributed by atoms with Crippen LogP contribution < -0.4 is 5.32 Å². The zero-order valence-corrected chi connectivity index (χ0v) is 9.20. The van der Waals surface area contributed by atoms with E-state index in [9.17, 15) is 4.79 Å². The van der Waals surface area contributed by atoms with Gasteiger partial charge in [-0.25, -0.2) is 0 Å². The third kappa shape index (κ3) is 4.28. The number of hydrogen-bond donors (Lipinski definition) is 1. The molecule has 0 radical (unpaired) electrons. The van der Waals surface area contributed by atoms with Gasteiger partial charge in [0.1, 0.15) is 4.83 Å². The number of amides is 1. The highest BCUT2D eigenvalue weighted by molar-refractivity contribution is 9.12. The van der Waals surface area contributed by atoms with Gasteiger partial charge in [0.05, 0.1) is 0 Å². The maximum Gasteiger partial charge on any atom is 0.234 e. The van der Waals surface area contributed by atoms with E-state index in [0.29, 0.717) is 5.33 Å². The van der Waals surface area contributed by atoms with Crippen molar-refractivity contribution >= 4 is 37.8 Å². The van der Waals surface area contributed by atoms with Crippen molar-refractivity contribution in [1.29, 1.82) is 0 Å². The average Bonchev–Trinajstić information content (AvgIpc) is 1.85. The van der Waals surface area contributed by atoms with Crippen LogP contribution in [0.4, 0.5) is 0 Å². The minimum atomic E-state index is -0.116. The molecule has 0 saturated heterocycles. The summed E-state index contributed by atoms with van der Waals surface area (Å²) in [7, 11) is 0. The molecule has 1 atom stereocenters. The van der Waals surface area contributed by atoms with Gasteiger partial charge in [-0.15, -0.1) is 0 Å². The average molecular weight is 273 g/mol. The summed E-state index contributed by atoms with van der Waals surface area (Å²) in [6.45, 7) is 3.87. The van der Waals surface area contributed by atoms with Crippen LogP contribution in [0.5, 0.6) is 0 Å². The molecule has 0 aromatic carbocycles. The molecule has 0 saturated carbocycles. The minimum Gasteiger partial charge on any atom is -0.353 e. The van der Waals surface area contributed by atoms with Crippen molar-refractivity contribution in [1.82, 2.24) is 5.32 Å². The second-order valence-electron chi connectivity index (χ2n) is 2.29. The quantitative estimate of drug-likeness (QED) is 0.778. The molecule has 0 heterocycles. The lowest BCUT2D eigenvalue weighted by Gasteiger charge is -2.10.